The number of hydrogen-bond acceptors (Lipinski definition) is 3. The molecule has 18 heavy (non-hydrogen) atoms. The highest BCUT2D eigenvalue weighted by Gasteiger charge is 2.23. The maximum atomic E-state index is 11.6. The van der Waals surface area contributed by atoms with E-state index in [0.29, 0.717) is 0 Å². The van der Waals surface area contributed by atoms with Crippen LogP contribution in [0.5, 0.6) is 0 Å². The van der Waals surface area contributed by atoms with Gasteiger partial charge in [-0.25, -0.2) is 9.59 Å². The zero-order valence-electron chi connectivity index (χ0n) is 10.1. The van der Waals surface area contributed by atoms with Gasteiger partial charge in [0.2, 0.25) is 5.91 Å². The van der Waals surface area contributed by atoms with Crippen molar-refractivity contribution >= 4 is 17.9 Å². The highest BCUT2D eigenvalue weighted by molar-refractivity contribution is 5.83. The first kappa shape index (κ1) is 14.3. The van der Waals surface area contributed by atoms with Gasteiger partial charge in [-0.1, -0.05) is 12.8 Å². The number of carboxylic acids is 1. The number of nitrogens with two attached hydrogens (primary N) is 1. The smallest absolute Gasteiger partial charge is 0.326 e. The van der Waals surface area contributed by atoms with Crippen LogP contribution in [0.1, 0.15) is 38.5 Å². The monoisotopic (exact) mass is 257 g/mol. The third-order valence-electron chi connectivity index (χ3n) is 2.97. The van der Waals surface area contributed by atoms with Gasteiger partial charge in [-0.05, 0) is 19.3 Å². The summed E-state index contributed by atoms with van der Waals surface area (Å²) in [5.41, 5.74) is 4.94. The number of amides is 3. The summed E-state index contributed by atoms with van der Waals surface area (Å²) in [6.07, 6.45) is 3.94. The molecule has 1 fully saturated rings. The molecule has 1 aliphatic rings. The van der Waals surface area contributed by atoms with Gasteiger partial charge in [0.15, 0.2) is 0 Å². The van der Waals surface area contributed by atoms with Gasteiger partial charge in [0.05, 0.1) is 0 Å². The van der Waals surface area contributed by atoms with E-state index in [1.54, 1.807) is 0 Å². The predicted octanol–water partition coefficient (Wildman–Crippen LogP) is -0.0531. The van der Waals surface area contributed by atoms with E-state index in [9.17, 15) is 14.4 Å². The van der Waals surface area contributed by atoms with Gasteiger partial charge in [-0.3, -0.25) is 4.79 Å². The van der Waals surface area contributed by atoms with E-state index in [-0.39, 0.29) is 18.9 Å². The molecule has 0 spiro atoms. The van der Waals surface area contributed by atoms with E-state index in [4.69, 9.17) is 10.8 Å². The highest BCUT2D eigenvalue weighted by atomic mass is 16.4. The number of aliphatic carboxylic acids is 1. The molecule has 7 nitrogen and oxygen atoms in total. The molecule has 5 N–H and O–H groups in total. The summed E-state index contributed by atoms with van der Waals surface area (Å²) in [6, 6.07) is -1.46. The number of carbonyl (C=O) groups is 3. The molecule has 1 aliphatic carbocycles. The van der Waals surface area contributed by atoms with Gasteiger partial charge < -0.3 is 21.5 Å². The number of carboxylic acid groups (broad SMARTS) is 1. The zero-order valence-corrected chi connectivity index (χ0v) is 10.1. The predicted molar refractivity (Wildman–Crippen MR) is 63.8 cm³/mol. The van der Waals surface area contributed by atoms with Crippen molar-refractivity contribution in [2.24, 2.45) is 5.73 Å². The first-order valence-corrected chi connectivity index (χ1v) is 6.07. The zero-order chi connectivity index (χ0) is 13.5. The van der Waals surface area contributed by atoms with Crippen molar-refractivity contribution in [1.29, 1.82) is 0 Å². The van der Waals surface area contributed by atoms with Crippen molar-refractivity contribution in [3.63, 3.8) is 0 Å². The number of carbonyl (C=O) groups excluding carboxylic acids is 2. The van der Waals surface area contributed by atoms with Crippen LogP contribution in [0.3, 0.4) is 0 Å². The van der Waals surface area contributed by atoms with Crippen LogP contribution >= 0.6 is 0 Å². The van der Waals surface area contributed by atoms with E-state index >= 15 is 0 Å². The van der Waals surface area contributed by atoms with E-state index in [0.717, 1.165) is 25.7 Å². The van der Waals surface area contributed by atoms with Gasteiger partial charge in [0.1, 0.15) is 6.04 Å². The minimum Gasteiger partial charge on any atom is -0.480 e. The molecule has 0 radical (unpaired) electrons. The van der Waals surface area contributed by atoms with Crippen LogP contribution in [0.25, 0.3) is 0 Å². The maximum absolute atomic E-state index is 11.6. The quantitative estimate of drug-likeness (QED) is 0.532. The Hall–Kier alpha value is -1.79. The molecule has 0 aromatic carbocycles. The molecular weight excluding hydrogens is 238 g/mol. The second-order valence-corrected chi connectivity index (χ2v) is 4.49. The molecule has 0 heterocycles. The summed E-state index contributed by atoms with van der Waals surface area (Å²) >= 11 is 0. The highest BCUT2D eigenvalue weighted by Crippen LogP contribution is 2.17. The molecule has 0 saturated heterocycles. The van der Waals surface area contributed by atoms with Crippen molar-refractivity contribution in [3.05, 3.63) is 0 Å². The van der Waals surface area contributed by atoms with Gasteiger partial charge in [0.25, 0.3) is 0 Å². The van der Waals surface area contributed by atoms with Crippen molar-refractivity contribution in [3.8, 4) is 0 Å². The maximum Gasteiger partial charge on any atom is 0.326 e. The SMILES string of the molecule is NC(=O)CC[C@@H](NC(=O)NC1CCCC1)C(=O)O. The fourth-order valence-corrected chi connectivity index (χ4v) is 2.00. The fraction of sp³-hybridized carbons (Fsp3) is 0.727. The number of hydrogen-bond donors (Lipinski definition) is 4. The Morgan fingerprint density at radius 1 is 1.28 bits per heavy atom. The Bertz CT molecular complexity index is 326. The van der Waals surface area contributed by atoms with Crippen molar-refractivity contribution < 1.29 is 19.5 Å². The second kappa shape index (κ2) is 6.83. The summed E-state index contributed by atoms with van der Waals surface area (Å²) in [4.78, 5) is 33.0. The molecule has 3 amide bonds. The van der Waals surface area contributed by atoms with Gasteiger partial charge in [-0.15, -0.1) is 0 Å². The Balaban J connectivity index is 2.36. The Morgan fingerprint density at radius 3 is 2.39 bits per heavy atom. The minimum atomic E-state index is -1.17. The van der Waals surface area contributed by atoms with Gasteiger partial charge >= 0.3 is 12.0 Å². The molecule has 1 saturated carbocycles. The average molecular weight is 257 g/mol. The molecule has 0 unspecified atom stereocenters. The summed E-state index contributed by atoms with van der Waals surface area (Å²) in [6.45, 7) is 0. The Labute approximate surface area is 105 Å². The van der Waals surface area contributed by atoms with Crippen LogP contribution in [0, 0.1) is 0 Å². The van der Waals surface area contributed by atoms with Crippen molar-refractivity contribution in [2.45, 2.75) is 50.6 Å². The second-order valence-electron chi connectivity index (χ2n) is 4.49. The molecular formula is C11H19N3O4. The third kappa shape index (κ3) is 5.03. The minimum absolute atomic E-state index is 0.00273. The Kier molecular flexibility index (Phi) is 5.41. The standard InChI is InChI=1S/C11H19N3O4/c12-9(15)6-5-8(10(16)17)14-11(18)13-7-3-1-2-4-7/h7-8H,1-6H2,(H2,12,15)(H,16,17)(H2,13,14,18)/t8-/m1/s1. The molecule has 1 atom stereocenters. The molecule has 0 bridgehead atoms. The van der Waals surface area contributed by atoms with Crippen LogP contribution in [-0.4, -0.2) is 35.1 Å². The van der Waals surface area contributed by atoms with Crippen molar-refractivity contribution in [1.82, 2.24) is 10.6 Å². The lowest BCUT2D eigenvalue weighted by Crippen LogP contribution is -2.48. The largest absolute Gasteiger partial charge is 0.480 e. The summed E-state index contributed by atoms with van der Waals surface area (Å²) in [5, 5.41) is 14.0. The lowest BCUT2D eigenvalue weighted by Gasteiger charge is -2.17. The molecule has 0 aliphatic heterocycles. The Morgan fingerprint density at radius 2 is 1.89 bits per heavy atom. The van der Waals surface area contributed by atoms with E-state index in [1.165, 1.54) is 0 Å². The normalized spacial score (nSPS) is 17.1. The summed E-state index contributed by atoms with van der Waals surface area (Å²) < 4.78 is 0. The number of urea groups is 1. The number of nitrogens with one attached hydrogen (secondary N) is 2. The van der Waals surface area contributed by atoms with Crippen LogP contribution < -0.4 is 16.4 Å². The molecule has 102 valence electrons. The van der Waals surface area contributed by atoms with Crippen LogP contribution in [0.15, 0.2) is 0 Å². The van der Waals surface area contributed by atoms with Crippen molar-refractivity contribution in [2.75, 3.05) is 0 Å². The lowest BCUT2D eigenvalue weighted by atomic mass is 10.1. The fourth-order valence-electron chi connectivity index (χ4n) is 2.00. The topological polar surface area (TPSA) is 122 Å². The molecule has 7 heteroatoms. The lowest BCUT2D eigenvalue weighted by molar-refractivity contribution is -0.139. The molecule has 0 aromatic rings. The van der Waals surface area contributed by atoms with E-state index in [2.05, 4.69) is 10.6 Å². The first-order valence-electron chi connectivity index (χ1n) is 6.07. The van der Waals surface area contributed by atoms with Crippen LogP contribution in [-0.2, 0) is 9.59 Å². The summed E-state index contributed by atoms with van der Waals surface area (Å²) in [5.74, 6) is -1.75. The van der Waals surface area contributed by atoms with E-state index in [1.807, 2.05) is 0 Å². The van der Waals surface area contributed by atoms with Gasteiger partial charge in [0, 0.05) is 12.5 Å². The number of rotatable bonds is 6. The molecule has 1 rings (SSSR count). The van der Waals surface area contributed by atoms with Crippen LogP contribution in [0.4, 0.5) is 4.79 Å². The van der Waals surface area contributed by atoms with Crippen LogP contribution in [0.2, 0.25) is 0 Å². The summed E-state index contributed by atoms with van der Waals surface area (Å²) in [7, 11) is 0. The third-order valence-corrected chi connectivity index (χ3v) is 2.97. The first-order chi connectivity index (χ1) is 8.49. The molecule has 0 aromatic heterocycles. The van der Waals surface area contributed by atoms with Gasteiger partial charge in [-0.2, -0.15) is 0 Å². The number of primary amides is 1. The average Bonchev–Trinajstić information content (AvgIpc) is 2.76. The van der Waals surface area contributed by atoms with E-state index < -0.39 is 23.9 Å².